The second-order valence-corrected chi connectivity index (χ2v) is 2.48. The molecule has 10 heavy (non-hydrogen) atoms. The van der Waals surface area contributed by atoms with Gasteiger partial charge in [-0.05, 0) is 12.8 Å². The van der Waals surface area contributed by atoms with Crippen molar-refractivity contribution in [1.29, 1.82) is 0 Å². The molecule has 0 aromatic rings. The van der Waals surface area contributed by atoms with Crippen molar-refractivity contribution in [2.75, 3.05) is 6.67 Å². The van der Waals surface area contributed by atoms with Gasteiger partial charge in [0.25, 0.3) is 0 Å². The summed E-state index contributed by atoms with van der Waals surface area (Å²) in [5, 5.41) is 10.8. The molecule has 1 fully saturated rings. The predicted octanol–water partition coefficient (Wildman–Crippen LogP) is 0.938. The fraction of sp³-hybridized carbons (Fsp3) is 0.714. The Morgan fingerprint density at radius 1 is 1.70 bits per heavy atom. The first-order chi connectivity index (χ1) is 4.75. The van der Waals surface area contributed by atoms with Gasteiger partial charge in [0, 0.05) is 6.42 Å². The zero-order chi connectivity index (χ0) is 7.56. The smallest absolute Gasteiger partial charge is 0.145 e. The maximum Gasteiger partial charge on any atom is 0.145 e. The summed E-state index contributed by atoms with van der Waals surface area (Å²) in [5.41, 5.74) is 0. The normalized spacial score (nSPS) is 34.4. The van der Waals surface area contributed by atoms with Gasteiger partial charge in [-0.15, -0.1) is 0 Å². The van der Waals surface area contributed by atoms with Crippen LogP contribution >= 0.6 is 0 Å². The molecule has 56 valence electrons. The molecule has 2 unspecified atom stereocenters. The van der Waals surface area contributed by atoms with Crippen LogP contribution in [0.4, 0.5) is 4.39 Å². The molecule has 0 bridgehead atoms. The second kappa shape index (κ2) is 3.10. The zero-order valence-corrected chi connectivity index (χ0v) is 5.55. The van der Waals surface area contributed by atoms with Crippen molar-refractivity contribution in [3.63, 3.8) is 0 Å². The maximum absolute atomic E-state index is 11.9. The lowest BCUT2D eigenvalue weighted by Crippen LogP contribution is -2.33. The van der Waals surface area contributed by atoms with Crippen LogP contribution in [-0.2, 0) is 9.90 Å². The van der Waals surface area contributed by atoms with E-state index in [0.717, 1.165) is 0 Å². The molecule has 2 atom stereocenters. The average Bonchev–Trinajstić information content (AvgIpc) is 1.88. The lowest BCUT2D eigenvalue weighted by molar-refractivity contribution is -0.128. The molecule has 1 rings (SSSR count). The average molecular weight is 144 g/mol. The first-order valence-corrected chi connectivity index (χ1v) is 3.34. The molecule has 1 saturated carbocycles. The molecule has 2 nitrogen and oxygen atoms in total. The van der Waals surface area contributed by atoms with Gasteiger partial charge in [-0.25, -0.2) is 5.11 Å². The number of alkyl halides is 1. The number of hydrogen-bond donors (Lipinski definition) is 0. The van der Waals surface area contributed by atoms with Crippen LogP contribution in [0.3, 0.4) is 0 Å². The van der Waals surface area contributed by atoms with E-state index in [-0.39, 0.29) is 5.78 Å². The van der Waals surface area contributed by atoms with Crippen LogP contribution in [-0.4, -0.2) is 18.6 Å². The van der Waals surface area contributed by atoms with Crippen LogP contribution in [0, 0.1) is 12.3 Å². The van der Waals surface area contributed by atoms with Crippen molar-refractivity contribution in [3.05, 3.63) is 6.42 Å². The van der Waals surface area contributed by atoms with Gasteiger partial charge in [-0.2, -0.15) is 0 Å². The molecule has 0 heterocycles. The second-order valence-electron chi connectivity index (χ2n) is 2.48. The maximum atomic E-state index is 11.9. The third-order valence-electron chi connectivity index (χ3n) is 1.78. The largest absolute Gasteiger partial charge is 0.299 e. The van der Waals surface area contributed by atoms with Crippen molar-refractivity contribution in [3.8, 4) is 0 Å². The van der Waals surface area contributed by atoms with E-state index >= 15 is 0 Å². The lowest BCUT2D eigenvalue weighted by Gasteiger charge is -2.21. The number of Topliss-reactive ketones (excluding diaryl/α,β-unsaturated/α-hetero) is 1. The molecule has 1 aliphatic rings. The number of halogens is 1. The van der Waals surface area contributed by atoms with Gasteiger partial charge in [0.05, 0.1) is 5.92 Å². The van der Waals surface area contributed by atoms with Crippen LogP contribution in [0.2, 0.25) is 0 Å². The number of carbonyl (C=O) groups excluding carboxylic acids is 1. The van der Waals surface area contributed by atoms with Gasteiger partial charge in [-0.3, -0.25) is 9.18 Å². The Kier molecular flexibility index (Phi) is 2.38. The standard InChI is InChI=1S/C7H9FO2/c8-4-5-6(9)2-1-3-7(5)10/h2,5,7H,1,3-4H2. The Labute approximate surface area is 59.0 Å². The number of hydrogen-bond acceptors (Lipinski definition) is 1. The number of carbonyl (C=O) groups is 1. The van der Waals surface area contributed by atoms with Gasteiger partial charge in [0.1, 0.15) is 18.6 Å². The molecule has 0 aromatic carbocycles. The molecule has 3 heteroatoms. The van der Waals surface area contributed by atoms with Crippen molar-refractivity contribution in [2.24, 2.45) is 5.92 Å². The number of rotatable bonds is 1. The monoisotopic (exact) mass is 144 g/mol. The Balaban J connectivity index is 2.53. The van der Waals surface area contributed by atoms with Crippen molar-refractivity contribution >= 4 is 5.78 Å². The first kappa shape index (κ1) is 7.66. The highest BCUT2D eigenvalue weighted by Gasteiger charge is 2.31. The summed E-state index contributed by atoms with van der Waals surface area (Å²) < 4.78 is 11.9. The van der Waals surface area contributed by atoms with Gasteiger partial charge < -0.3 is 0 Å². The van der Waals surface area contributed by atoms with E-state index < -0.39 is 18.7 Å². The van der Waals surface area contributed by atoms with E-state index in [4.69, 9.17) is 0 Å². The van der Waals surface area contributed by atoms with Crippen molar-refractivity contribution in [1.82, 2.24) is 0 Å². The SMILES string of the molecule is [O]C1CC[CH]C(=O)C1CF. The Morgan fingerprint density at radius 3 is 2.80 bits per heavy atom. The Morgan fingerprint density at radius 2 is 2.40 bits per heavy atom. The topological polar surface area (TPSA) is 37.0 Å². The molecule has 0 aliphatic heterocycles. The molecule has 0 saturated heterocycles. The minimum Gasteiger partial charge on any atom is -0.299 e. The fourth-order valence-electron chi connectivity index (χ4n) is 1.10. The third kappa shape index (κ3) is 1.34. The van der Waals surface area contributed by atoms with Crippen molar-refractivity contribution < 1.29 is 14.3 Å². The summed E-state index contributed by atoms with van der Waals surface area (Å²) in [6.07, 6.45) is 1.32. The Hall–Kier alpha value is -0.440. The summed E-state index contributed by atoms with van der Waals surface area (Å²) >= 11 is 0. The van der Waals surface area contributed by atoms with Gasteiger partial charge in [0.15, 0.2) is 0 Å². The molecule has 0 spiro atoms. The molecule has 0 N–H and O–H groups in total. The fourth-order valence-corrected chi connectivity index (χ4v) is 1.10. The van der Waals surface area contributed by atoms with Gasteiger partial charge in [0.2, 0.25) is 0 Å². The predicted molar refractivity (Wildman–Crippen MR) is 32.5 cm³/mol. The van der Waals surface area contributed by atoms with E-state index in [1.807, 2.05) is 0 Å². The molecule has 0 amide bonds. The minimum atomic E-state index is -1.01. The summed E-state index contributed by atoms with van der Waals surface area (Å²) in [6, 6.07) is 0. The lowest BCUT2D eigenvalue weighted by atomic mass is 9.86. The van der Waals surface area contributed by atoms with E-state index in [1.165, 1.54) is 6.42 Å². The van der Waals surface area contributed by atoms with Crippen LogP contribution in [0.1, 0.15) is 12.8 Å². The van der Waals surface area contributed by atoms with Crippen LogP contribution in [0.15, 0.2) is 0 Å². The van der Waals surface area contributed by atoms with Gasteiger partial charge in [-0.1, -0.05) is 0 Å². The highest BCUT2D eigenvalue weighted by atomic mass is 19.1. The number of ketones is 1. The molecular formula is C7H9FO2. The molecular weight excluding hydrogens is 135 g/mol. The minimum absolute atomic E-state index is 0.311. The summed E-state index contributed by atoms with van der Waals surface area (Å²) in [5.74, 6) is -1.21. The van der Waals surface area contributed by atoms with Crippen LogP contribution in [0.5, 0.6) is 0 Å². The quantitative estimate of drug-likeness (QED) is 0.539. The summed E-state index contributed by atoms with van der Waals surface area (Å²) in [6.45, 7) is -0.802. The zero-order valence-electron chi connectivity index (χ0n) is 5.55. The van der Waals surface area contributed by atoms with Crippen LogP contribution < -0.4 is 0 Å². The van der Waals surface area contributed by atoms with Crippen LogP contribution in [0.25, 0.3) is 0 Å². The third-order valence-corrected chi connectivity index (χ3v) is 1.78. The van der Waals surface area contributed by atoms with E-state index in [1.54, 1.807) is 0 Å². The Bertz CT molecular complexity index is 136. The van der Waals surface area contributed by atoms with E-state index in [2.05, 4.69) is 0 Å². The molecule has 2 radical (unpaired) electrons. The first-order valence-electron chi connectivity index (χ1n) is 3.34. The summed E-state index contributed by atoms with van der Waals surface area (Å²) in [4.78, 5) is 10.7. The van der Waals surface area contributed by atoms with E-state index in [9.17, 15) is 14.3 Å². The van der Waals surface area contributed by atoms with Crippen molar-refractivity contribution in [2.45, 2.75) is 18.9 Å². The van der Waals surface area contributed by atoms with Gasteiger partial charge >= 0.3 is 0 Å². The van der Waals surface area contributed by atoms with E-state index in [0.29, 0.717) is 12.8 Å². The molecule has 1 aliphatic carbocycles. The highest BCUT2D eigenvalue weighted by Crippen LogP contribution is 2.21. The molecule has 0 aromatic heterocycles. The summed E-state index contributed by atoms with van der Waals surface area (Å²) in [7, 11) is 0. The highest BCUT2D eigenvalue weighted by molar-refractivity contribution is 5.90.